The standard InChI is InChI=1S/C15H21NO/c17-16(15-11-5-2-6-12-15)13-7-10-14-8-3-1-4-9-14/h1,3-4,8-9,13,15H,2,5-7,10-12H2/b16-13-. The lowest BCUT2D eigenvalue weighted by Gasteiger charge is -2.20. The van der Waals surface area contributed by atoms with Crippen molar-refractivity contribution in [3.63, 3.8) is 0 Å². The summed E-state index contributed by atoms with van der Waals surface area (Å²) in [5, 5.41) is 11.8. The van der Waals surface area contributed by atoms with Gasteiger partial charge in [-0.2, -0.15) is 0 Å². The molecule has 1 fully saturated rings. The Labute approximate surface area is 104 Å². The Morgan fingerprint density at radius 2 is 1.82 bits per heavy atom. The van der Waals surface area contributed by atoms with Crippen molar-refractivity contribution in [2.75, 3.05) is 0 Å². The maximum Gasteiger partial charge on any atom is 0.162 e. The zero-order valence-corrected chi connectivity index (χ0v) is 10.3. The lowest BCUT2D eigenvalue weighted by molar-refractivity contribution is -0.502. The fourth-order valence-corrected chi connectivity index (χ4v) is 2.49. The summed E-state index contributed by atoms with van der Waals surface area (Å²) in [6.45, 7) is 0. The number of hydrogen-bond donors (Lipinski definition) is 0. The highest BCUT2D eigenvalue weighted by Crippen LogP contribution is 2.19. The Hall–Kier alpha value is -1.31. The predicted molar refractivity (Wildman–Crippen MR) is 71.3 cm³/mol. The molecule has 1 aliphatic carbocycles. The van der Waals surface area contributed by atoms with E-state index < -0.39 is 0 Å². The van der Waals surface area contributed by atoms with Gasteiger partial charge in [0.05, 0.1) is 0 Å². The first-order valence-electron chi connectivity index (χ1n) is 6.69. The Morgan fingerprint density at radius 3 is 2.53 bits per heavy atom. The van der Waals surface area contributed by atoms with E-state index in [2.05, 4.69) is 12.1 Å². The largest absolute Gasteiger partial charge is 0.624 e. The van der Waals surface area contributed by atoms with Crippen molar-refractivity contribution in [2.24, 2.45) is 0 Å². The van der Waals surface area contributed by atoms with Crippen molar-refractivity contribution < 1.29 is 4.74 Å². The number of nitrogens with zero attached hydrogens (tertiary/aromatic N) is 1. The van der Waals surface area contributed by atoms with Crippen LogP contribution < -0.4 is 0 Å². The summed E-state index contributed by atoms with van der Waals surface area (Å²) < 4.78 is 1.21. The Kier molecular flexibility index (Phi) is 4.60. The first kappa shape index (κ1) is 12.2. The molecule has 17 heavy (non-hydrogen) atoms. The van der Waals surface area contributed by atoms with Crippen LogP contribution in [0.3, 0.4) is 0 Å². The monoisotopic (exact) mass is 231 g/mol. The van der Waals surface area contributed by atoms with Crippen LogP contribution in [0, 0.1) is 5.21 Å². The summed E-state index contributed by atoms with van der Waals surface area (Å²) in [4.78, 5) is 0. The topological polar surface area (TPSA) is 26.1 Å². The Morgan fingerprint density at radius 1 is 1.12 bits per heavy atom. The first-order chi connectivity index (χ1) is 8.36. The van der Waals surface area contributed by atoms with Gasteiger partial charge in [-0.3, -0.25) is 0 Å². The van der Waals surface area contributed by atoms with Crippen molar-refractivity contribution in [3.05, 3.63) is 41.1 Å². The summed E-state index contributed by atoms with van der Waals surface area (Å²) in [6, 6.07) is 10.6. The fourth-order valence-electron chi connectivity index (χ4n) is 2.49. The molecule has 0 amide bonds. The minimum Gasteiger partial charge on any atom is -0.624 e. The predicted octanol–water partition coefficient (Wildman–Crippen LogP) is 3.53. The highest BCUT2D eigenvalue weighted by atomic mass is 16.5. The second kappa shape index (κ2) is 6.43. The van der Waals surface area contributed by atoms with Crippen LogP contribution in [0.4, 0.5) is 0 Å². The molecule has 0 aromatic heterocycles. The molecule has 2 nitrogen and oxygen atoms in total. The average Bonchev–Trinajstić information content (AvgIpc) is 2.41. The molecule has 2 rings (SSSR count). The zero-order chi connectivity index (χ0) is 11.9. The highest BCUT2D eigenvalue weighted by molar-refractivity contribution is 5.52. The molecule has 2 heteroatoms. The molecule has 0 aliphatic heterocycles. The molecule has 1 aromatic carbocycles. The Balaban J connectivity index is 1.79. The zero-order valence-electron chi connectivity index (χ0n) is 10.3. The van der Waals surface area contributed by atoms with E-state index >= 15 is 0 Å². The normalized spacial score (nSPS) is 18.2. The third-order valence-corrected chi connectivity index (χ3v) is 3.52. The van der Waals surface area contributed by atoms with E-state index in [1.54, 1.807) is 0 Å². The van der Waals surface area contributed by atoms with E-state index in [4.69, 9.17) is 0 Å². The second-order valence-corrected chi connectivity index (χ2v) is 4.86. The van der Waals surface area contributed by atoms with Crippen LogP contribution in [0.25, 0.3) is 0 Å². The minimum absolute atomic E-state index is 0.250. The maximum absolute atomic E-state index is 11.8. The number of hydrogen-bond acceptors (Lipinski definition) is 1. The molecule has 1 aromatic rings. The summed E-state index contributed by atoms with van der Waals surface area (Å²) in [6.07, 6.45) is 9.54. The van der Waals surface area contributed by atoms with Gasteiger partial charge in [-0.25, -0.2) is 4.74 Å². The van der Waals surface area contributed by atoms with E-state index in [1.807, 2.05) is 24.4 Å². The number of hydroxylamine groups is 1. The van der Waals surface area contributed by atoms with Gasteiger partial charge in [-0.1, -0.05) is 36.8 Å². The van der Waals surface area contributed by atoms with Gasteiger partial charge in [0.25, 0.3) is 0 Å². The van der Waals surface area contributed by atoms with Crippen LogP contribution >= 0.6 is 0 Å². The summed E-state index contributed by atoms with van der Waals surface area (Å²) in [7, 11) is 0. The van der Waals surface area contributed by atoms with Gasteiger partial charge in [0.15, 0.2) is 12.3 Å². The molecule has 0 atom stereocenters. The number of aryl methyl sites for hydroxylation is 1. The van der Waals surface area contributed by atoms with Crippen LogP contribution in [0.2, 0.25) is 0 Å². The summed E-state index contributed by atoms with van der Waals surface area (Å²) >= 11 is 0. The van der Waals surface area contributed by atoms with Gasteiger partial charge >= 0.3 is 0 Å². The van der Waals surface area contributed by atoms with E-state index in [9.17, 15) is 5.21 Å². The van der Waals surface area contributed by atoms with Crippen molar-refractivity contribution in [1.29, 1.82) is 0 Å². The van der Waals surface area contributed by atoms with Gasteiger partial charge in [0, 0.05) is 19.3 Å². The van der Waals surface area contributed by atoms with Gasteiger partial charge in [0.1, 0.15) is 0 Å². The van der Waals surface area contributed by atoms with Gasteiger partial charge < -0.3 is 5.21 Å². The van der Waals surface area contributed by atoms with E-state index in [0.717, 1.165) is 25.7 Å². The van der Waals surface area contributed by atoms with Crippen molar-refractivity contribution >= 4 is 6.21 Å². The SMILES string of the molecule is [O-]/[N+](=C\CCc1ccccc1)C1CCCCC1. The number of benzene rings is 1. The van der Waals surface area contributed by atoms with Crippen LogP contribution in [0.5, 0.6) is 0 Å². The molecule has 0 N–H and O–H groups in total. The summed E-state index contributed by atoms with van der Waals surface area (Å²) in [5.41, 5.74) is 1.31. The van der Waals surface area contributed by atoms with E-state index in [-0.39, 0.29) is 6.04 Å². The third-order valence-electron chi connectivity index (χ3n) is 3.52. The average molecular weight is 231 g/mol. The molecule has 0 bridgehead atoms. The molecular weight excluding hydrogens is 210 g/mol. The quantitative estimate of drug-likeness (QED) is 0.337. The second-order valence-electron chi connectivity index (χ2n) is 4.86. The van der Waals surface area contributed by atoms with E-state index in [1.165, 1.54) is 29.6 Å². The van der Waals surface area contributed by atoms with Crippen molar-refractivity contribution in [3.8, 4) is 0 Å². The molecule has 0 spiro atoms. The molecule has 92 valence electrons. The van der Waals surface area contributed by atoms with Crippen LogP contribution in [0.15, 0.2) is 30.3 Å². The van der Waals surface area contributed by atoms with Gasteiger partial charge in [-0.15, -0.1) is 0 Å². The molecule has 0 saturated heterocycles. The van der Waals surface area contributed by atoms with Gasteiger partial charge in [0.2, 0.25) is 0 Å². The first-order valence-corrected chi connectivity index (χ1v) is 6.69. The van der Waals surface area contributed by atoms with Crippen molar-refractivity contribution in [2.45, 2.75) is 51.0 Å². The lowest BCUT2D eigenvalue weighted by atomic mass is 9.96. The molecule has 0 heterocycles. The minimum atomic E-state index is 0.250. The molecule has 1 aliphatic rings. The molecule has 1 saturated carbocycles. The molecular formula is C15H21NO. The fraction of sp³-hybridized carbons (Fsp3) is 0.533. The lowest BCUT2D eigenvalue weighted by Crippen LogP contribution is -2.25. The van der Waals surface area contributed by atoms with Crippen LogP contribution in [-0.2, 0) is 6.42 Å². The smallest absolute Gasteiger partial charge is 0.162 e. The van der Waals surface area contributed by atoms with Gasteiger partial charge in [-0.05, 0) is 24.8 Å². The third kappa shape index (κ3) is 3.88. The molecule has 0 radical (unpaired) electrons. The molecule has 0 unspecified atom stereocenters. The van der Waals surface area contributed by atoms with E-state index in [0.29, 0.717) is 0 Å². The van der Waals surface area contributed by atoms with Crippen molar-refractivity contribution in [1.82, 2.24) is 0 Å². The Bertz CT molecular complexity index is 352. The number of rotatable bonds is 4. The summed E-state index contributed by atoms with van der Waals surface area (Å²) in [5.74, 6) is 0. The van der Waals surface area contributed by atoms with Crippen LogP contribution in [-0.4, -0.2) is 17.0 Å². The highest BCUT2D eigenvalue weighted by Gasteiger charge is 2.18. The maximum atomic E-state index is 11.8. The van der Waals surface area contributed by atoms with Crippen LogP contribution in [0.1, 0.15) is 44.1 Å².